The fourth-order valence-electron chi connectivity index (χ4n) is 2.32. The van der Waals surface area contributed by atoms with Crippen LogP contribution in [0.2, 0.25) is 0 Å². The van der Waals surface area contributed by atoms with E-state index in [1.807, 2.05) is 0 Å². The Morgan fingerprint density at radius 1 is 1.13 bits per heavy atom. The Balaban J connectivity index is 0. The van der Waals surface area contributed by atoms with Crippen molar-refractivity contribution in [3.05, 3.63) is 0 Å². The van der Waals surface area contributed by atoms with Crippen LogP contribution in [0.4, 0.5) is 0 Å². The van der Waals surface area contributed by atoms with Crippen molar-refractivity contribution in [1.82, 2.24) is 0 Å². The average Bonchev–Trinajstić information content (AvgIpc) is 2.43. The number of halogens is 1. The second-order valence-corrected chi connectivity index (χ2v) is 6.45. The van der Waals surface area contributed by atoms with Crippen molar-refractivity contribution < 1.29 is 40.4 Å². The zero-order valence-corrected chi connectivity index (χ0v) is 15.4. The molecular weight excluding hydrogens is 318 g/mol. The molecule has 0 saturated heterocycles. The van der Waals surface area contributed by atoms with E-state index in [1.54, 1.807) is 0 Å². The predicted octanol–water partition coefficient (Wildman–Crippen LogP) is 0.224. The number of carbonyl (C=O) groups is 2. The van der Waals surface area contributed by atoms with Gasteiger partial charge >= 0.3 is 11.9 Å². The van der Waals surface area contributed by atoms with Crippen LogP contribution in [0.1, 0.15) is 68.8 Å². The molecule has 0 radical (unpaired) electrons. The van der Waals surface area contributed by atoms with Crippen LogP contribution in [-0.2, 0) is 14.3 Å². The fourth-order valence-corrected chi connectivity index (χ4v) is 2.32. The van der Waals surface area contributed by atoms with Gasteiger partial charge in [0, 0.05) is 6.42 Å². The van der Waals surface area contributed by atoms with Crippen LogP contribution in [0.25, 0.3) is 0 Å². The first-order valence-corrected chi connectivity index (χ1v) is 8.24. The summed E-state index contributed by atoms with van der Waals surface area (Å²) in [5.74, 6) is -1.57. The van der Waals surface area contributed by atoms with Crippen molar-refractivity contribution in [3.8, 4) is 0 Å². The van der Waals surface area contributed by atoms with Crippen LogP contribution < -0.4 is 12.4 Å². The summed E-state index contributed by atoms with van der Waals surface area (Å²) in [7, 11) is 2.96. The Labute approximate surface area is 151 Å². The molecule has 0 rings (SSSR count). The Hall–Kier alpha value is -0.810. The molecule has 0 amide bonds. The number of hydrogen-bond acceptors (Lipinski definition) is 3. The molecule has 0 aliphatic carbocycles. The maximum atomic E-state index is 11.9. The average molecular weight is 355 g/mol. The van der Waals surface area contributed by atoms with Gasteiger partial charge < -0.3 is 26.7 Å². The summed E-state index contributed by atoms with van der Waals surface area (Å²) in [4.78, 5) is 22.9. The molecule has 0 spiro atoms. The summed E-state index contributed by atoms with van der Waals surface area (Å²) >= 11 is 0. The lowest BCUT2D eigenvalue weighted by Crippen LogP contribution is -3.00. The topological polar surface area (TPSA) is 63.6 Å². The van der Waals surface area contributed by atoms with E-state index in [-0.39, 0.29) is 31.8 Å². The second-order valence-electron chi connectivity index (χ2n) is 6.45. The number of nitrogens with zero attached hydrogens (tertiary/aromatic N) is 1. The van der Waals surface area contributed by atoms with E-state index in [4.69, 9.17) is 14.0 Å². The van der Waals surface area contributed by atoms with E-state index in [1.165, 1.54) is 33.4 Å². The fraction of sp³-hybridized carbons (Fsp3) is 0.882. The van der Waals surface area contributed by atoms with Crippen LogP contribution in [0.5, 0.6) is 0 Å². The number of esters is 1. The summed E-state index contributed by atoms with van der Waals surface area (Å²) in [6, 6.07) is 0. The molecular formula is C17H34ClNO4. The molecule has 0 bridgehead atoms. The van der Waals surface area contributed by atoms with E-state index >= 15 is 0 Å². The highest BCUT2D eigenvalue weighted by molar-refractivity contribution is 5.71. The number of aliphatic carboxylic acids is 1. The standard InChI is InChI=1S/C17H33NO4.ClH/c1-5-6-7-8-9-10-11-12-17(21)22-15(13-16(19)20)14-18(2,3)4;/h15H,5-14H2,1-4H3;1H/t15-;/m0./s1/i2D3;. The zero-order valence-electron chi connectivity index (χ0n) is 17.6. The zero-order chi connectivity index (χ0) is 19.5. The third-order valence-electron chi connectivity index (χ3n) is 3.34. The summed E-state index contributed by atoms with van der Waals surface area (Å²) in [6.45, 7) is -0.205. The summed E-state index contributed by atoms with van der Waals surface area (Å²) in [5.41, 5.74) is 0. The number of quaternary nitrogens is 1. The molecule has 0 heterocycles. The molecule has 6 heteroatoms. The minimum atomic E-state index is -2.30. The van der Waals surface area contributed by atoms with Crippen molar-refractivity contribution in [2.24, 2.45) is 0 Å². The minimum Gasteiger partial charge on any atom is -1.00 e. The molecule has 0 saturated carbocycles. The largest absolute Gasteiger partial charge is 1.00 e. The van der Waals surface area contributed by atoms with Gasteiger partial charge in [-0.05, 0) is 6.42 Å². The number of carboxylic acids is 1. The molecule has 0 unspecified atom stereocenters. The third-order valence-corrected chi connectivity index (χ3v) is 3.34. The lowest BCUT2D eigenvalue weighted by atomic mass is 10.1. The first kappa shape index (κ1) is 18.5. The first-order valence-electron chi connectivity index (χ1n) is 9.74. The summed E-state index contributed by atoms with van der Waals surface area (Å²) < 4.78 is 27.4. The van der Waals surface area contributed by atoms with Crippen LogP contribution >= 0.6 is 0 Å². The molecule has 0 aliphatic rings. The lowest BCUT2D eigenvalue weighted by molar-refractivity contribution is -0.873. The maximum absolute atomic E-state index is 11.9. The predicted molar refractivity (Wildman–Crippen MR) is 87.6 cm³/mol. The van der Waals surface area contributed by atoms with Crippen molar-refractivity contribution >= 4 is 11.9 Å². The highest BCUT2D eigenvalue weighted by Crippen LogP contribution is 2.11. The van der Waals surface area contributed by atoms with E-state index in [0.29, 0.717) is 6.42 Å². The van der Waals surface area contributed by atoms with Crippen molar-refractivity contribution in [2.75, 3.05) is 27.6 Å². The van der Waals surface area contributed by atoms with Gasteiger partial charge in [-0.15, -0.1) is 0 Å². The smallest absolute Gasteiger partial charge is 0.307 e. The second kappa shape index (κ2) is 13.6. The first-order chi connectivity index (χ1) is 11.5. The SMILES string of the molecule is [2H]C([2H])([2H])[N+](C)(C)C[C@H](CC(=O)O)OC(=O)CCCCCCCCC.[Cl-]. The maximum Gasteiger partial charge on any atom is 0.307 e. The lowest BCUT2D eigenvalue weighted by Gasteiger charge is -2.28. The monoisotopic (exact) mass is 354 g/mol. The molecule has 1 atom stereocenters. The van der Waals surface area contributed by atoms with Crippen molar-refractivity contribution in [3.63, 3.8) is 0 Å². The Morgan fingerprint density at radius 2 is 1.70 bits per heavy atom. The quantitative estimate of drug-likeness (QED) is 0.292. The van der Waals surface area contributed by atoms with Gasteiger partial charge in [-0.3, -0.25) is 9.59 Å². The van der Waals surface area contributed by atoms with Crippen LogP contribution in [-0.4, -0.2) is 55.2 Å². The molecule has 1 N–H and O–H groups in total. The highest BCUT2D eigenvalue weighted by atomic mass is 35.5. The van der Waals surface area contributed by atoms with Crippen LogP contribution in [0.15, 0.2) is 0 Å². The van der Waals surface area contributed by atoms with E-state index in [2.05, 4.69) is 6.92 Å². The number of rotatable bonds is 13. The van der Waals surface area contributed by atoms with Gasteiger partial charge in [0.25, 0.3) is 0 Å². The van der Waals surface area contributed by atoms with E-state index in [0.717, 1.165) is 19.3 Å². The molecule has 0 aromatic carbocycles. The van der Waals surface area contributed by atoms with Gasteiger partial charge in [0.15, 0.2) is 6.10 Å². The molecule has 0 aliphatic heterocycles. The number of hydrogen-bond donors (Lipinski definition) is 1. The van der Waals surface area contributed by atoms with Gasteiger partial charge in [-0.1, -0.05) is 45.4 Å². The molecule has 5 nitrogen and oxygen atoms in total. The van der Waals surface area contributed by atoms with Gasteiger partial charge in [-0.25, -0.2) is 0 Å². The Bertz CT molecular complexity index is 417. The third kappa shape index (κ3) is 17.4. The number of ether oxygens (including phenoxy) is 1. The summed E-state index contributed by atoms with van der Waals surface area (Å²) in [5, 5.41) is 8.97. The number of likely N-dealkylation sites (N-methyl/N-ethyl adjacent to an activating group) is 1. The Morgan fingerprint density at radius 3 is 2.22 bits per heavy atom. The van der Waals surface area contributed by atoms with E-state index < -0.39 is 29.5 Å². The Kier molecular flexibility index (Phi) is 11.0. The summed E-state index contributed by atoms with van der Waals surface area (Å²) in [6.07, 6.45) is 6.45. The molecule has 0 aromatic heterocycles. The van der Waals surface area contributed by atoms with E-state index in [9.17, 15) is 9.59 Å². The number of carbonyl (C=O) groups excluding carboxylic acids is 1. The van der Waals surface area contributed by atoms with Crippen molar-refractivity contribution in [1.29, 1.82) is 0 Å². The highest BCUT2D eigenvalue weighted by Gasteiger charge is 2.24. The minimum absolute atomic E-state index is 0. The normalized spacial score (nSPS) is 14.8. The van der Waals surface area contributed by atoms with Crippen LogP contribution in [0, 0.1) is 0 Å². The molecule has 23 heavy (non-hydrogen) atoms. The number of unbranched alkanes of at least 4 members (excludes halogenated alkanes) is 6. The van der Waals surface area contributed by atoms with Gasteiger partial charge in [0.1, 0.15) is 6.54 Å². The molecule has 0 fully saturated rings. The van der Waals surface area contributed by atoms with Gasteiger partial charge in [0.05, 0.1) is 31.6 Å². The van der Waals surface area contributed by atoms with Gasteiger partial charge in [-0.2, -0.15) is 0 Å². The van der Waals surface area contributed by atoms with Gasteiger partial charge in [0.2, 0.25) is 0 Å². The van der Waals surface area contributed by atoms with Crippen molar-refractivity contribution in [2.45, 2.75) is 70.8 Å². The van der Waals surface area contributed by atoms with Crippen LogP contribution in [0.3, 0.4) is 0 Å². The number of carboxylic acid groups (broad SMARTS) is 1. The molecule has 0 aromatic rings. The molecule has 138 valence electrons.